The summed E-state index contributed by atoms with van der Waals surface area (Å²) in [5.41, 5.74) is 3.19. The third-order valence-corrected chi connectivity index (χ3v) is 7.56. The van der Waals surface area contributed by atoms with Gasteiger partial charge in [-0.3, -0.25) is 4.79 Å². The fraction of sp³-hybridized carbons (Fsp3) is 0.136. The lowest BCUT2D eigenvalue weighted by Crippen LogP contribution is -2.01. The van der Waals surface area contributed by atoms with E-state index in [2.05, 4.69) is 52.7 Å². The highest BCUT2D eigenvalue weighted by Crippen LogP contribution is 2.32. The molecule has 140 valence electrons. The normalized spacial score (nSPS) is 11.0. The highest BCUT2D eigenvalue weighted by molar-refractivity contribution is 8.03. The summed E-state index contributed by atoms with van der Waals surface area (Å²) in [4.78, 5) is 12.3. The van der Waals surface area contributed by atoms with Gasteiger partial charge in [-0.1, -0.05) is 107 Å². The summed E-state index contributed by atoms with van der Waals surface area (Å²) in [5, 5.41) is 11.0. The molecule has 0 aliphatic rings. The third-order valence-electron chi connectivity index (χ3n) is 4.32. The predicted octanol–water partition coefficient (Wildman–Crippen LogP) is 6.27. The van der Waals surface area contributed by atoms with Gasteiger partial charge in [0.1, 0.15) is 0 Å². The van der Waals surface area contributed by atoms with Crippen molar-refractivity contribution in [2.75, 3.05) is 5.75 Å². The van der Waals surface area contributed by atoms with E-state index in [0.29, 0.717) is 5.75 Å². The number of ketones is 1. The number of fused-ring (bicyclic) bond motifs is 1. The topological polar surface area (TPSA) is 42.9 Å². The summed E-state index contributed by atoms with van der Waals surface area (Å²) < 4.78 is 1.76. The summed E-state index contributed by atoms with van der Waals surface area (Å²) in [5.74, 6) is 1.35. The second-order valence-corrected chi connectivity index (χ2v) is 9.76. The zero-order valence-electron chi connectivity index (χ0n) is 15.3. The van der Waals surface area contributed by atoms with Crippen LogP contribution in [0.3, 0.4) is 0 Å². The molecule has 0 radical (unpaired) electrons. The van der Waals surface area contributed by atoms with Gasteiger partial charge in [-0.05, 0) is 23.3 Å². The van der Waals surface area contributed by atoms with Gasteiger partial charge in [-0.25, -0.2) is 0 Å². The molecule has 28 heavy (non-hydrogen) atoms. The van der Waals surface area contributed by atoms with E-state index in [-0.39, 0.29) is 5.78 Å². The van der Waals surface area contributed by atoms with Crippen LogP contribution in [-0.4, -0.2) is 21.7 Å². The molecular weight excluding hydrogens is 404 g/mol. The number of rotatable bonds is 7. The van der Waals surface area contributed by atoms with Crippen LogP contribution in [0.15, 0.2) is 75.4 Å². The van der Waals surface area contributed by atoms with Crippen molar-refractivity contribution in [2.45, 2.75) is 21.4 Å². The molecule has 0 bridgehead atoms. The molecule has 3 nitrogen and oxygen atoms in total. The summed E-state index contributed by atoms with van der Waals surface area (Å²) in [6.07, 6.45) is 0. The van der Waals surface area contributed by atoms with E-state index in [4.69, 9.17) is 0 Å². The second kappa shape index (κ2) is 8.90. The van der Waals surface area contributed by atoms with Crippen LogP contribution in [0.1, 0.15) is 21.5 Å². The lowest BCUT2D eigenvalue weighted by molar-refractivity contribution is 0.102. The standard InChI is InChI=1S/C22H18N2OS3/c1-15-9-11-17(12-10-15)20(25)14-27-22-24-23-21(28-22)26-13-18-7-4-6-16-5-2-3-8-19(16)18/h2-12H,13-14H2,1H3. The molecule has 0 saturated carbocycles. The Labute approximate surface area is 176 Å². The highest BCUT2D eigenvalue weighted by Gasteiger charge is 2.11. The van der Waals surface area contributed by atoms with E-state index < -0.39 is 0 Å². The van der Waals surface area contributed by atoms with Gasteiger partial charge in [-0.15, -0.1) is 10.2 Å². The molecule has 0 atom stereocenters. The zero-order valence-corrected chi connectivity index (χ0v) is 17.7. The molecular formula is C22H18N2OS3. The number of Topliss-reactive ketones (excluding diaryl/α,β-unsaturated/α-hetero) is 1. The lowest BCUT2D eigenvalue weighted by atomic mass is 10.1. The second-order valence-electron chi connectivity index (χ2n) is 6.34. The van der Waals surface area contributed by atoms with Crippen LogP contribution < -0.4 is 0 Å². The number of nitrogens with zero attached hydrogens (tertiary/aromatic N) is 2. The maximum atomic E-state index is 12.3. The number of thioether (sulfide) groups is 2. The zero-order chi connectivity index (χ0) is 19.3. The van der Waals surface area contributed by atoms with Crippen LogP contribution in [0.2, 0.25) is 0 Å². The molecule has 4 rings (SSSR count). The summed E-state index contributed by atoms with van der Waals surface area (Å²) >= 11 is 4.69. The maximum absolute atomic E-state index is 12.3. The van der Waals surface area contributed by atoms with E-state index in [1.807, 2.05) is 31.2 Å². The first kappa shape index (κ1) is 19.2. The molecule has 0 spiro atoms. The van der Waals surface area contributed by atoms with Crippen molar-refractivity contribution < 1.29 is 4.79 Å². The molecule has 6 heteroatoms. The number of aromatic nitrogens is 2. The van der Waals surface area contributed by atoms with Gasteiger partial charge in [0.25, 0.3) is 0 Å². The average molecular weight is 423 g/mol. The first-order chi connectivity index (χ1) is 13.7. The fourth-order valence-electron chi connectivity index (χ4n) is 2.82. The Morgan fingerprint density at radius 3 is 2.43 bits per heavy atom. The largest absolute Gasteiger partial charge is 0.293 e. The molecule has 3 aromatic carbocycles. The molecule has 0 amide bonds. The van der Waals surface area contributed by atoms with E-state index in [1.54, 1.807) is 23.1 Å². The van der Waals surface area contributed by atoms with Gasteiger partial charge >= 0.3 is 0 Å². The molecule has 1 aromatic heterocycles. The van der Waals surface area contributed by atoms with E-state index in [0.717, 1.165) is 25.6 Å². The number of aryl methyl sites for hydroxylation is 1. The number of hydrogen-bond acceptors (Lipinski definition) is 6. The van der Waals surface area contributed by atoms with E-state index in [1.165, 1.54) is 28.1 Å². The van der Waals surface area contributed by atoms with Crippen molar-refractivity contribution in [3.8, 4) is 0 Å². The molecule has 0 N–H and O–H groups in total. The smallest absolute Gasteiger partial charge is 0.175 e. The minimum atomic E-state index is 0.116. The molecule has 4 aromatic rings. The summed E-state index contributed by atoms with van der Waals surface area (Å²) in [6, 6.07) is 22.5. The summed E-state index contributed by atoms with van der Waals surface area (Å²) in [7, 11) is 0. The first-order valence-corrected chi connectivity index (χ1v) is 11.6. The minimum Gasteiger partial charge on any atom is -0.293 e. The third kappa shape index (κ3) is 4.63. The maximum Gasteiger partial charge on any atom is 0.175 e. The van der Waals surface area contributed by atoms with E-state index in [9.17, 15) is 4.79 Å². The fourth-order valence-corrected chi connectivity index (χ4v) is 5.74. The Bertz CT molecular complexity index is 1100. The predicted molar refractivity (Wildman–Crippen MR) is 120 cm³/mol. The lowest BCUT2D eigenvalue weighted by Gasteiger charge is -2.04. The van der Waals surface area contributed by atoms with Crippen molar-refractivity contribution in [1.82, 2.24) is 10.2 Å². The highest BCUT2D eigenvalue weighted by atomic mass is 32.2. The van der Waals surface area contributed by atoms with Gasteiger partial charge in [-0.2, -0.15) is 0 Å². The number of benzene rings is 3. The van der Waals surface area contributed by atoms with Crippen molar-refractivity contribution in [1.29, 1.82) is 0 Å². The van der Waals surface area contributed by atoms with Crippen LogP contribution in [0.25, 0.3) is 10.8 Å². The van der Waals surface area contributed by atoms with Crippen LogP contribution in [-0.2, 0) is 5.75 Å². The van der Waals surface area contributed by atoms with Crippen LogP contribution in [0.4, 0.5) is 0 Å². The average Bonchev–Trinajstić information content (AvgIpc) is 3.19. The molecule has 1 heterocycles. The first-order valence-electron chi connectivity index (χ1n) is 8.85. The van der Waals surface area contributed by atoms with Crippen LogP contribution in [0, 0.1) is 6.92 Å². The molecule has 0 aliphatic carbocycles. The number of carbonyl (C=O) groups excluding carboxylic acids is 1. The Balaban J connectivity index is 1.35. The van der Waals surface area contributed by atoms with Crippen molar-refractivity contribution >= 4 is 51.4 Å². The molecule has 0 fully saturated rings. The van der Waals surface area contributed by atoms with Gasteiger partial charge < -0.3 is 0 Å². The van der Waals surface area contributed by atoms with Crippen LogP contribution >= 0.6 is 34.9 Å². The van der Waals surface area contributed by atoms with Crippen molar-refractivity contribution in [3.63, 3.8) is 0 Å². The molecule has 0 saturated heterocycles. The Kier molecular flexibility index (Phi) is 6.10. The summed E-state index contributed by atoms with van der Waals surface area (Å²) in [6.45, 7) is 2.02. The number of hydrogen-bond donors (Lipinski definition) is 0. The molecule has 0 aliphatic heterocycles. The quantitative estimate of drug-likeness (QED) is 0.259. The Morgan fingerprint density at radius 1 is 0.893 bits per heavy atom. The van der Waals surface area contributed by atoms with Gasteiger partial charge in [0.15, 0.2) is 14.5 Å². The monoisotopic (exact) mass is 422 g/mol. The SMILES string of the molecule is Cc1ccc(C(=O)CSc2nnc(SCc3cccc4ccccc34)s2)cc1. The Hall–Kier alpha value is -2.15. The van der Waals surface area contributed by atoms with Gasteiger partial charge in [0, 0.05) is 11.3 Å². The van der Waals surface area contributed by atoms with Crippen molar-refractivity contribution in [2.24, 2.45) is 0 Å². The molecule has 0 unspecified atom stereocenters. The Morgan fingerprint density at radius 2 is 1.61 bits per heavy atom. The number of carbonyl (C=O) groups is 1. The van der Waals surface area contributed by atoms with Gasteiger partial charge in [0.05, 0.1) is 5.75 Å². The minimum absolute atomic E-state index is 0.116. The van der Waals surface area contributed by atoms with Crippen molar-refractivity contribution in [3.05, 3.63) is 83.4 Å². The van der Waals surface area contributed by atoms with Crippen LogP contribution in [0.5, 0.6) is 0 Å². The van der Waals surface area contributed by atoms with E-state index >= 15 is 0 Å². The van der Waals surface area contributed by atoms with Gasteiger partial charge in [0.2, 0.25) is 0 Å².